The molecule has 1 aromatic carbocycles. The number of nitrogens with one attached hydrogen (secondary N) is 1. The summed E-state index contributed by atoms with van der Waals surface area (Å²) in [6.07, 6.45) is 0.220. The van der Waals surface area contributed by atoms with Crippen LogP contribution in [0.2, 0.25) is 1.41 Å². The zero-order valence-corrected chi connectivity index (χ0v) is 9.26. The fraction of sp³-hybridized carbons (Fsp3) is 0.273. The lowest BCUT2D eigenvalue weighted by molar-refractivity contribution is -0.141. The number of hydrogen-bond donors (Lipinski definition) is 4. The summed E-state index contributed by atoms with van der Waals surface area (Å²) in [4.78, 5) is 12.4. The smallest absolute Gasteiger partial charge is 0.326 e. The molecule has 17 heavy (non-hydrogen) atoms. The number of carboxylic acid groups (broad SMARTS) is 1. The number of nitrogens with two attached hydrogens (primary N) is 2. The van der Waals surface area contributed by atoms with Gasteiger partial charge in [-0.2, -0.15) is 0 Å². The molecule has 0 saturated carbocycles. The lowest BCUT2D eigenvalue weighted by Crippen LogP contribution is -2.51. The Labute approximate surface area is 101 Å². The van der Waals surface area contributed by atoms with E-state index in [0.717, 1.165) is 10.5 Å². The molecule has 0 aliphatic heterocycles. The number of hydrogen-bond acceptors (Lipinski definition) is 3. The molecule has 6 N–H and O–H groups in total. The van der Waals surface area contributed by atoms with E-state index >= 15 is 0 Å². The lowest BCUT2D eigenvalue weighted by Gasteiger charge is -2.27. The molecule has 0 radical (unpaired) electrons. The fourth-order valence-corrected chi connectivity index (χ4v) is 1.54. The van der Waals surface area contributed by atoms with E-state index in [1.54, 1.807) is 0 Å². The number of carboxylic acids is 1. The second kappa shape index (κ2) is 5.86. The first kappa shape index (κ1) is 11.4. The minimum atomic E-state index is -1.08. The van der Waals surface area contributed by atoms with Crippen LogP contribution in [-0.4, -0.2) is 34.6 Å². The van der Waals surface area contributed by atoms with Gasteiger partial charge in [0.1, 0.15) is 6.04 Å². The van der Waals surface area contributed by atoms with Crippen LogP contribution in [0.5, 0.6) is 0 Å². The Balaban J connectivity index is 2.88. The van der Waals surface area contributed by atoms with Crippen molar-refractivity contribution in [3.63, 3.8) is 0 Å². The van der Waals surface area contributed by atoms with Crippen molar-refractivity contribution in [3.8, 4) is 0 Å². The Morgan fingerprint density at radius 3 is 2.65 bits per heavy atom. The van der Waals surface area contributed by atoms with Crippen LogP contribution in [0.15, 0.2) is 30.3 Å². The molecule has 0 unspecified atom stereocenters. The van der Waals surface area contributed by atoms with Gasteiger partial charge in [-0.05, 0) is 5.56 Å². The maximum Gasteiger partial charge on any atom is 0.326 e. The first-order valence-electron chi connectivity index (χ1n) is 5.60. The highest BCUT2D eigenvalue weighted by molar-refractivity contribution is 5.83. The van der Waals surface area contributed by atoms with Crippen LogP contribution in [0.1, 0.15) is 5.56 Å². The quantitative estimate of drug-likeness (QED) is 0.321. The van der Waals surface area contributed by atoms with Crippen molar-refractivity contribution in [1.29, 1.82) is 5.41 Å². The van der Waals surface area contributed by atoms with Gasteiger partial charge in [0, 0.05) is 6.42 Å². The molecule has 0 aliphatic carbocycles. The molecule has 0 heterocycles. The SMILES string of the molecule is [2H]NC(=N)N(CN)[C@@H](Cc1ccccc1)C(=O)O. The molecule has 1 rings (SSSR count). The first-order chi connectivity index (χ1) is 8.60. The number of nitrogens with zero attached hydrogens (tertiary/aromatic N) is 1. The maximum absolute atomic E-state index is 11.2. The van der Waals surface area contributed by atoms with E-state index in [9.17, 15) is 9.90 Å². The van der Waals surface area contributed by atoms with Crippen molar-refractivity contribution < 1.29 is 11.3 Å². The van der Waals surface area contributed by atoms with E-state index in [2.05, 4.69) is 0 Å². The zero-order chi connectivity index (χ0) is 13.5. The molecule has 0 aromatic heterocycles. The molecule has 0 saturated heterocycles. The van der Waals surface area contributed by atoms with Crippen LogP contribution < -0.4 is 11.5 Å². The van der Waals surface area contributed by atoms with Crippen molar-refractivity contribution in [2.45, 2.75) is 12.5 Å². The fourth-order valence-electron chi connectivity index (χ4n) is 1.54. The van der Waals surface area contributed by atoms with Crippen molar-refractivity contribution in [2.24, 2.45) is 11.5 Å². The molecule has 0 bridgehead atoms. The van der Waals surface area contributed by atoms with Crippen LogP contribution in [0.4, 0.5) is 0 Å². The van der Waals surface area contributed by atoms with E-state index in [0.29, 0.717) is 0 Å². The molecule has 6 heteroatoms. The van der Waals surface area contributed by atoms with Gasteiger partial charge in [0.05, 0.1) is 6.67 Å². The molecular formula is C11H16N4O2. The van der Waals surface area contributed by atoms with Crippen molar-refractivity contribution >= 4 is 11.9 Å². The van der Waals surface area contributed by atoms with Gasteiger partial charge in [0.15, 0.2) is 7.37 Å². The Morgan fingerprint density at radius 1 is 1.53 bits per heavy atom. The molecule has 1 atom stereocenters. The summed E-state index contributed by atoms with van der Waals surface area (Å²) in [6, 6.07) is 8.12. The van der Waals surface area contributed by atoms with E-state index in [1.807, 2.05) is 36.1 Å². The predicted octanol–water partition coefficient (Wildman–Crippen LogP) is -0.206. The van der Waals surface area contributed by atoms with Gasteiger partial charge in [-0.15, -0.1) is 0 Å². The molecular weight excluding hydrogens is 220 g/mol. The van der Waals surface area contributed by atoms with E-state index in [-0.39, 0.29) is 19.0 Å². The average Bonchev–Trinajstić information content (AvgIpc) is 2.39. The summed E-state index contributed by atoms with van der Waals surface area (Å²) >= 11 is 0. The van der Waals surface area contributed by atoms with Crippen molar-refractivity contribution in [3.05, 3.63) is 35.9 Å². The first-order valence-corrected chi connectivity index (χ1v) is 5.10. The summed E-state index contributed by atoms with van der Waals surface area (Å²) in [6.45, 7) is -0.144. The topological polar surface area (TPSA) is 116 Å². The van der Waals surface area contributed by atoms with Crippen LogP contribution in [0.3, 0.4) is 0 Å². The lowest BCUT2D eigenvalue weighted by atomic mass is 10.1. The van der Waals surface area contributed by atoms with Crippen LogP contribution in [0.25, 0.3) is 0 Å². The second-order valence-electron chi connectivity index (χ2n) is 3.54. The van der Waals surface area contributed by atoms with Crippen LogP contribution >= 0.6 is 0 Å². The highest BCUT2D eigenvalue weighted by atomic mass is 16.4. The Bertz CT molecular complexity index is 413. The molecule has 6 nitrogen and oxygen atoms in total. The van der Waals surface area contributed by atoms with Gasteiger partial charge in [-0.25, -0.2) is 4.79 Å². The minimum Gasteiger partial charge on any atom is -0.480 e. The van der Waals surface area contributed by atoms with E-state index in [4.69, 9.17) is 12.6 Å². The molecule has 0 spiro atoms. The Hall–Kier alpha value is -2.08. The number of aliphatic carboxylic acids is 1. The van der Waals surface area contributed by atoms with E-state index < -0.39 is 12.0 Å². The number of rotatable bonds is 5. The van der Waals surface area contributed by atoms with Crippen molar-refractivity contribution in [1.82, 2.24) is 4.90 Å². The van der Waals surface area contributed by atoms with Gasteiger partial charge in [0.2, 0.25) is 0 Å². The normalized spacial score (nSPS) is 12.4. The predicted molar refractivity (Wildman–Crippen MR) is 64.4 cm³/mol. The third-order valence-corrected chi connectivity index (χ3v) is 2.42. The zero-order valence-electron chi connectivity index (χ0n) is 10.3. The van der Waals surface area contributed by atoms with Crippen LogP contribution in [-0.2, 0) is 11.2 Å². The second-order valence-corrected chi connectivity index (χ2v) is 3.54. The summed E-state index contributed by atoms with van der Waals surface area (Å²) in [7, 11) is 0. The van der Waals surface area contributed by atoms with Gasteiger partial charge in [-0.1, -0.05) is 30.3 Å². The largest absolute Gasteiger partial charge is 0.480 e. The highest BCUT2D eigenvalue weighted by Gasteiger charge is 2.25. The summed E-state index contributed by atoms with van der Waals surface area (Å²) in [5, 5.41) is 16.7. The summed E-state index contributed by atoms with van der Waals surface area (Å²) in [5.74, 6) is -1.41. The average molecular weight is 237 g/mol. The molecule has 0 aliphatic rings. The molecule has 0 fully saturated rings. The monoisotopic (exact) mass is 237 g/mol. The number of carbonyl (C=O) groups is 1. The number of guanidine groups is 1. The van der Waals surface area contributed by atoms with Crippen LogP contribution in [0, 0.1) is 5.41 Å². The highest BCUT2D eigenvalue weighted by Crippen LogP contribution is 2.08. The third-order valence-electron chi connectivity index (χ3n) is 2.42. The molecule has 0 amide bonds. The van der Waals surface area contributed by atoms with E-state index in [1.165, 1.54) is 0 Å². The summed E-state index contributed by atoms with van der Waals surface area (Å²) in [5.41, 5.74) is 8.13. The van der Waals surface area contributed by atoms with Crippen molar-refractivity contribution in [2.75, 3.05) is 6.67 Å². The van der Waals surface area contributed by atoms with Gasteiger partial charge in [0.25, 0.3) is 0 Å². The standard InChI is InChI=1S/C11H16N4O2/c12-7-15(11(13)14)9(10(16)17)6-8-4-2-1-3-5-8/h1-5,9H,6-7,12H2,(H3,13,14)(H,16,17)/t9-/m0/s1/i/hD. The third kappa shape index (κ3) is 3.46. The van der Waals surface area contributed by atoms with Gasteiger partial charge >= 0.3 is 5.97 Å². The maximum atomic E-state index is 11.2. The van der Waals surface area contributed by atoms with Gasteiger partial charge < -0.3 is 21.5 Å². The molecule has 92 valence electrons. The minimum absolute atomic E-state index is 0.144. The van der Waals surface area contributed by atoms with Gasteiger partial charge in [-0.3, -0.25) is 5.41 Å². The Kier molecular flexibility index (Phi) is 3.93. The molecule has 1 aromatic rings. The summed E-state index contributed by atoms with van der Waals surface area (Å²) < 4.78 is 6.89. The number of benzene rings is 1. The Morgan fingerprint density at radius 2 is 2.18 bits per heavy atom.